The molecule has 0 radical (unpaired) electrons. The number of ether oxygens (including phenoxy) is 1. The molecule has 80 valence electrons. The Labute approximate surface area is 83.6 Å². The SMILES string of the molecule is OC1Oc2ccccc2C=C1C(F)(F)F. The van der Waals surface area contributed by atoms with E-state index in [0.717, 1.165) is 6.08 Å². The first-order valence-corrected chi connectivity index (χ1v) is 4.21. The van der Waals surface area contributed by atoms with Gasteiger partial charge in [0.05, 0.1) is 0 Å². The average Bonchev–Trinajstić information content (AvgIpc) is 2.15. The number of alkyl halides is 3. The molecular formula is C10H7F3O2. The van der Waals surface area contributed by atoms with E-state index in [0.29, 0.717) is 5.56 Å². The van der Waals surface area contributed by atoms with E-state index in [4.69, 9.17) is 9.84 Å². The summed E-state index contributed by atoms with van der Waals surface area (Å²) in [5, 5.41) is 9.14. The predicted octanol–water partition coefficient (Wildman–Crippen LogP) is 2.34. The Kier molecular flexibility index (Phi) is 2.19. The standard InChI is InChI=1S/C10H7F3O2/c11-10(12,13)7-5-6-3-1-2-4-8(6)15-9(7)14/h1-5,9,14H. The first kappa shape index (κ1) is 10.0. The number of hydrogen-bond acceptors (Lipinski definition) is 2. The van der Waals surface area contributed by atoms with Crippen molar-refractivity contribution in [3.63, 3.8) is 0 Å². The summed E-state index contributed by atoms with van der Waals surface area (Å²) >= 11 is 0. The normalized spacial score (nSPS) is 20.3. The zero-order chi connectivity index (χ0) is 11.1. The summed E-state index contributed by atoms with van der Waals surface area (Å²) in [5.41, 5.74) is -0.767. The maximum atomic E-state index is 12.4. The highest BCUT2D eigenvalue weighted by molar-refractivity contribution is 5.63. The highest BCUT2D eigenvalue weighted by atomic mass is 19.4. The van der Waals surface area contributed by atoms with Crippen molar-refractivity contribution < 1.29 is 23.0 Å². The molecule has 0 spiro atoms. The average molecular weight is 216 g/mol. The van der Waals surface area contributed by atoms with Crippen LogP contribution in [0.5, 0.6) is 5.75 Å². The summed E-state index contributed by atoms with van der Waals surface area (Å²) in [5.74, 6) is 0.248. The minimum atomic E-state index is -4.58. The molecular weight excluding hydrogens is 209 g/mol. The summed E-state index contributed by atoms with van der Waals surface area (Å²) < 4.78 is 41.9. The number of fused-ring (bicyclic) bond motifs is 1. The molecule has 0 bridgehead atoms. The van der Waals surface area contributed by atoms with E-state index < -0.39 is 18.0 Å². The topological polar surface area (TPSA) is 29.5 Å². The smallest absolute Gasteiger partial charge is 0.418 e. The Morgan fingerprint density at radius 2 is 1.87 bits per heavy atom. The minimum absolute atomic E-state index is 0.248. The largest absolute Gasteiger partial charge is 0.460 e. The monoisotopic (exact) mass is 216 g/mol. The van der Waals surface area contributed by atoms with Crippen LogP contribution in [0.2, 0.25) is 0 Å². The molecule has 2 rings (SSSR count). The third-order valence-corrected chi connectivity index (χ3v) is 2.06. The molecule has 1 aromatic carbocycles. The van der Waals surface area contributed by atoms with E-state index in [-0.39, 0.29) is 5.75 Å². The van der Waals surface area contributed by atoms with Crippen molar-refractivity contribution in [2.75, 3.05) is 0 Å². The highest BCUT2D eigenvalue weighted by Gasteiger charge is 2.41. The Bertz CT molecular complexity index is 409. The fourth-order valence-electron chi connectivity index (χ4n) is 1.35. The van der Waals surface area contributed by atoms with Crippen molar-refractivity contribution in [1.82, 2.24) is 0 Å². The third kappa shape index (κ3) is 1.83. The molecule has 0 amide bonds. The molecule has 0 aliphatic carbocycles. The van der Waals surface area contributed by atoms with Gasteiger partial charge in [-0.25, -0.2) is 0 Å². The lowest BCUT2D eigenvalue weighted by Crippen LogP contribution is -2.30. The molecule has 0 aromatic heterocycles. The highest BCUT2D eigenvalue weighted by Crippen LogP contribution is 2.36. The fourth-order valence-corrected chi connectivity index (χ4v) is 1.35. The molecule has 0 saturated heterocycles. The summed E-state index contributed by atoms with van der Waals surface area (Å²) in [6, 6.07) is 6.22. The van der Waals surface area contributed by atoms with Crippen molar-refractivity contribution in [1.29, 1.82) is 0 Å². The van der Waals surface area contributed by atoms with Crippen LogP contribution in [0.4, 0.5) is 13.2 Å². The second kappa shape index (κ2) is 3.27. The number of aliphatic hydroxyl groups excluding tert-OH is 1. The summed E-state index contributed by atoms with van der Waals surface area (Å²) in [7, 11) is 0. The Morgan fingerprint density at radius 1 is 1.20 bits per heavy atom. The van der Waals surface area contributed by atoms with E-state index in [9.17, 15) is 13.2 Å². The minimum Gasteiger partial charge on any atom is -0.460 e. The summed E-state index contributed by atoms with van der Waals surface area (Å²) in [6.45, 7) is 0. The van der Waals surface area contributed by atoms with Crippen LogP contribution >= 0.6 is 0 Å². The molecule has 1 heterocycles. The maximum Gasteiger partial charge on any atom is 0.418 e. The summed E-state index contributed by atoms with van der Waals surface area (Å²) in [6.07, 6.45) is -5.63. The molecule has 2 nitrogen and oxygen atoms in total. The van der Waals surface area contributed by atoms with Gasteiger partial charge in [0.15, 0.2) is 0 Å². The number of para-hydroxylation sites is 1. The van der Waals surface area contributed by atoms with Gasteiger partial charge in [-0.3, -0.25) is 0 Å². The van der Waals surface area contributed by atoms with Gasteiger partial charge in [-0.05, 0) is 12.1 Å². The van der Waals surface area contributed by atoms with E-state index in [1.54, 1.807) is 12.1 Å². The van der Waals surface area contributed by atoms with Crippen molar-refractivity contribution >= 4 is 6.08 Å². The van der Waals surface area contributed by atoms with Crippen LogP contribution in [-0.4, -0.2) is 17.6 Å². The Hall–Kier alpha value is -1.49. The van der Waals surface area contributed by atoms with Gasteiger partial charge in [0.2, 0.25) is 6.29 Å². The van der Waals surface area contributed by atoms with Gasteiger partial charge in [-0.15, -0.1) is 0 Å². The van der Waals surface area contributed by atoms with Crippen molar-refractivity contribution in [2.24, 2.45) is 0 Å². The summed E-state index contributed by atoms with van der Waals surface area (Å²) in [4.78, 5) is 0. The zero-order valence-corrected chi connectivity index (χ0v) is 7.45. The zero-order valence-electron chi connectivity index (χ0n) is 7.45. The third-order valence-electron chi connectivity index (χ3n) is 2.06. The molecule has 1 aromatic rings. The van der Waals surface area contributed by atoms with Gasteiger partial charge in [0.25, 0.3) is 0 Å². The van der Waals surface area contributed by atoms with Gasteiger partial charge < -0.3 is 9.84 Å². The van der Waals surface area contributed by atoms with E-state index in [2.05, 4.69) is 0 Å². The maximum absolute atomic E-state index is 12.4. The molecule has 1 aliphatic rings. The predicted molar refractivity (Wildman–Crippen MR) is 47.1 cm³/mol. The van der Waals surface area contributed by atoms with Gasteiger partial charge in [-0.1, -0.05) is 18.2 Å². The van der Waals surface area contributed by atoms with Gasteiger partial charge in [0.1, 0.15) is 11.3 Å². The molecule has 1 unspecified atom stereocenters. The first-order chi connectivity index (χ1) is 6.98. The number of halogens is 3. The van der Waals surface area contributed by atoms with Gasteiger partial charge >= 0.3 is 6.18 Å². The second-order valence-electron chi connectivity index (χ2n) is 3.11. The number of aliphatic hydroxyl groups is 1. The van der Waals surface area contributed by atoms with Crippen molar-refractivity contribution in [3.05, 3.63) is 35.4 Å². The lowest BCUT2D eigenvalue weighted by atomic mass is 10.1. The van der Waals surface area contributed by atoms with E-state index in [1.807, 2.05) is 0 Å². The van der Waals surface area contributed by atoms with Crippen molar-refractivity contribution in [2.45, 2.75) is 12.5 Å². The van der Waals surface area contributed by atoms with Crippen LogP contribution in [0.1, 0.15) is 5.56 Å². The first-order valence-electron chi connectivity index (χ1n) is 4.21. The van der Waals surface area contributed by atoms with Crippen LogP contribution in [0, 0.1) is 0 Å². The van der Waals surface area contributed by atoms with E-state index in [1.165, 1.54) is 12.1 Å². The molecule has 0 saturated carbocycles. The van der Waals surface area contributed by atoms with Gasteiger partial charge in [0, 0.05) is 5.56 Å². The van der Waals surface area contributed by atoms with Crippen LogP contribution < -0.4 is 4.74 Å². The van der Waals surface area contributed by atoms with E-state index >= 15 is 0 Å². The van der Waals surface area contributed by atoms with Crippen LogP contribution in [0.25, 0.3) is 6.08 Å². The molecule has 0 fully saturated rings. The molecule has 1 atom stereocenters. The Morgan fingerprint density at radius 3 is 2.53 bits per heavy atom. The Balaban J connectivity index is 2.48. The second-order valence-corrected chi connectivity index (χ2v) is 3.11. The number of hydrogen-bond donors (Lipinski definition) is 1. The van der Waals surface area contributed by atoms with Crippen LogP contribution in [-0.2, 0) is 0 Å². The molecule has 1 N–H and O–H groups in total. The molecule has 1 aliphatic heterocycles. The number of rotatable bonds is 0. The quantitative estimate of drug-likeness (QED) is 0.721. The number of benzene rings is 1. The van der Waals surface area contributed by atoms with Crippen LogP contribution in [0.15, 0.2) is 29.8 Å². The van der Waals surface area contributed by atoms with Gasteiger partial charge in [-0.2, -0.15) is 13.2 Å². The molecule has 15 heavy (non-hydrogen) atoms. The van der Waals surface area contributed by atoms with Crippen LogP contribution in [0.3, 0.4) is 0 Å². The lowest BCUT2D eigenvalue weighted by Gasteiger charge is -2.24. The molecule has 5 heteroatoms. The fraction of sp³-hybridized carbons (Fsp3) is 0.200. The lowest BCUT2D eigenvalue weighted by molar-refractivity contribution is -0.127. The van der Waals surface area contributed by atoms with Crippen molar-refractivity contribution in [3.8, 4) is 5.75 Å².